The molecule has 152 valence electrons. The van der Waals surface area contributed by atoms with Gasteiger partial charge in [-0.25, -0.2) is 4.68 Å². The molecule has 1 amide bonds. The summed E-state index contributed by atoms with van der Waals surface area (Å²) < 4.78 is 36.1. The first-order chi connectivity index (χ1) is 13.8. The summed E-state index contributed by atoms with van der Waals surface area (Å²) in [4.78, 5) is 12.4. The third kappa shape index (κ3) is 5.54. The number of hydrogen-bond acceptors (Lipinski definition) is 4. The summed E-state index contributed by atoms with van der Waals surface area (Å²) in [6, 6.07) is 11.8. The highest BCUT2D eigenvalue weighted by Gasteiger charge is 2.13. The second kappa shape index (κ2) is 8.72. The molecule has 0 unspecified atom stereocenters. The molecule has 1 heterocycles. The number of rotatable bonds is 7. The Balaban J connectivity index is 1.62. The fourth-order valence-corrected chi connectivity index (χ4v) is 2.85. The molecule has 29 heavy (non-hydrogen) atoms. The summed E-state index contributed by atoms with van der Waals surface area (Å²) in [7, 11) is 0. The summed E-state index contributed by atoms with van der Waals surface area (Å²) in [6.45, 7) is 2.93. The van der Waals surface area contributed by atoms with Crippen molar-refractivity contribution < 1.29 is 23.0 Å². The highest BCUT2D eigenvalue weighted by atomic mass is 19.3. The SMILES string of the molecule is Cc1cc(C)cc(OCn2ccc(C(=O)Nc3ccc(OC(F)F)cc3C)n2)c1. The zero-order valence-corrected chi connectivity index (χ0v) is 16.3. The fraction of sp³-hybridized carbons (Fsp3) is 0.238. The van der Waals surface area contributed by atoms with E-state index in [0.717, 1.165) is 16.9 Å². The van der Waals surface area contributed by atoms with E-state index in [-0.39, 0.29) is 18.2 Å². The molecular weight excluding hydrogens is 380 g/mol. The molecule has 8 heteroatoms. The van der Waals surface area contributed by atoms with Gasteiger partial charge in [-0.15, -0.1) is 0 Å². The maximum atomic E-state index is 12.4. The lowest BCUT2D eigenvalue weighted by Crippen LogP contribution is -2.15. The number of hydrogen-bond donors (Lipinski definition) is 1. The Kier molecular flexibility index (Phi) is 6.11. The predicted molar refractivity (Wildman–Crippen MR) is 105 cm³/mol. The van der Waals surface area contributed by atoms with Crippen LogP contribution in [0.2, 0.25) is 0 Å². The number of anilines is 1. The number of benzene rings is 2. The Morgan fingerprint density at radius 3 is 2.45 bits per heavy atom. The Morgan fingerprint density at radius 2 is 1.79 bits per heavy atom. The average molecular weight is 401 g/mol. The highest BCUT2D eigenvalue weighted by Crippen LogP contribution is 2.23. The van der Waals surface area contributed by atoms with Gasteiger partial charge in [0.2, 0.25) is 0 Å². The van der Waals surface area contributed by atoms with Crippen molar-refractivity contribution in [1.82, 2.24) is 9.78 Å². The van der Waals surface area contributed by atoms with Crippen LogP contribution in [0.4, 0.5) is 14.5 Å². The quantitative estimate of drug-likeness (QED) is 0.623. The van der Waals surface area contributed by atoms with E-state index in [4.69, 9.17) is 4.74 Å². The van der Waals surface area contributed by atoms with Gasteiger partial charge in [-0.05, 0) is 73.9 Å². The van der Waals surface area contributed by atoms with Gasteiger partial charge in [0.1, 0.15) is 11.5 Å². The van der Waals surface area contributed by atoms with Gasteiger partial charge in [-0.3, -0.25) is 4.79 Å². The summed E-state index contributed by atoms with van der Waals surface area (Å²) in [5.74, 6) is 0.342. The van der Waals surface area contributed by atoms with Crippen LogP contribution < -0.4 is 14.8 Å². The van der Waals surface area contributed by atoms with E-state index in [1.807, 2.05) is 26.0 Å². The van der Waals surface area contributed by atoms with Gasteiger partial charge >= 0.3 is 6.61 Å². The van der Waals surface area contributed by atoms with Crippen LogP contribution in [0.15, 0.2) is 48.7 Å². The minimum absolute atomic E-state index is 0.0308. The van der Waals surface area contributed by atoms with Gasteiger partial charge in [0.15, 0.2) is 12.4 Å². The first kappa shape index (κ1) is 20.3. The fourth-order valence-electron chi connectivity index (χ4n) is 2.85. The molecule has 1 aromatic heterocycles. The molecule has 2 aromatic carbocycles. The van der Waals surface area contributed by atoms with Crippen molar-refractivity contribution in [3.63, 3.8) is 0 Å². The number of halogens is 2. The standard InChI is InChI=1S/C21H21F2N3O3/c1-13-8-14(2)10-17(9-13)28-12-26-7-6-19(25-26)20(27)24-18-5-4-16(11-15(18)3)29-21(22)23/h4-11,21H,12H2,1-3H3,(H,24,27). The predicted octanol–water partition coefficient (Wildman–Crippen LogP) is 4.70. The number of carbonyl (C=O) groups is 1. The van der Waals surface area contributed by atoms with E-state index in [0.29, 0.717) is 11.3 Å². The molecule has 6 nitrogen and oxygen atoms in total. The van der Waals surface area contributed by atoms with E-state index >= 15 is 0 Å². The Labute approximate surface area is 167 Å². The van der Waals surface area contributed by atoms with Crippen LogP contribution in [-0.4, -0.2) is 22.3 Å². The molecule has 3 rings (SSSR count). The summed E-state index contributed by atoms with van der Waals surface area (Å²) in [5, 5.41) is 6.92. The van der Waals surface area contributed by atoms with Crippen LogP contribution in [0.3, 0.4) is 0 Å². The molecule has 0 bridgehead atoms. The van der Waals surface area contributed by atoms with Crippen molar-refractivity contribution in [3.8, 4) is 11.5 Å². The number of aromatic nitrogens is 2. The van der Waals surface area contributed by atoms with Gasteiger partial charge in [0.05, 0.1) is 0 Å². The lowest BCUT2D eigenvalue weighted by Gasteiger charge is -2.10. The first-order valence-electron chi connectivity index (χ1n) is 8.91. The monoisotopic (exact) mass is 401 g/mol. The van der Waals surface area contributed by atoms with Gasteiger partial charge in [-0.2, -0.15) is 13.9 Å². The van der Waals surface area contributed by atoms with Crippen molar-refractivity contribution in [2.24, 2.45) is 0 Å². The summed E-state index contributed by atoms with van der Waals surface area (Å²) in [5.41, 5.74) is 3.48. The lowest BCUT2D eigenvalue weighted by molar-refractivity contribution is -0.0498. The van der Waals surface area contributed by atoms with Crippen LogP contribution >= 0.6 is 0 Å². The zero-order valence-electron chi connectivity index (χ0n) is 16.3. The zero-order chi connectivity index (χ0) is 21.0. The third-order valence-corrected chi connectivity index (χ3v) is 4.10. The maximum Gasteiger partial charge on any atom is 0.387 e. The van der Waals surface area contributed by atoms with Crippen LogP contribution in [0.5, 0.6) is 11.5 Å². The van der Waals surface area contributed by atoms with Gasteiger partial charge in [0, 0.05) is 11.9 Å². The van der Waals surface area contributed by atoms with Crippen molar-refractivity contribution >= 4 is 11.6 Å². The number of amides is 1. The molecule has 0 spiro atoms. The van der Waals surface area contributed by atoms with Gasteiger partial charge in [-0.1, -0.05) is 6.07 Å². The van der Waals surface area contributed by atoms with E-state index in [2.05, 4.69) is 21.2 Å². The summed E-state index contributed by atoms with van der Waals surface area (Å²) >= 11 is 0. The summed E-state index contributed by atoms with van der Waals surface area (Å²) in [6.07, 6.45) is 1.64. The minimum Gasteiger partial charge on any atom is -0.471 e. The van der Waals surface area contributed by atoms with E-state index in [1.165, 1.54) is 22.9 Å². The van der Waals surface area contributed by atoms with E-state index in [9.17, 15) is 13.6 Å². The van der Waals surface area contributed by atoms with Crippen molar-refractivity contribution in [3.05, 3.63) is 71.0 Å². The molecule has 0 aliphatic heterocycles. The van der Waals surface area contributed by atoms with Crippen LogP contribution in [0, 0.1) is 20.8 Å². The molecule has 0 aliphatic rings. The topological polar surface area (TPSA) is 65.4 Å². The molecule has 0 fully saturated rings. The number of nitrogens with one attached hydrogen (secondary N) is 1. The lowest BCUT2D eigenvalue weighted by atomic mass is 10.1. The van der Waals surface area contributed by atoms with Gasteiger partial charge < -0.3 is 14.8 Å². The number of aryl methyl sites for hydroxylation is 3. The Hall–Kier alpha value is -3.42. The molecule has 0 saturated heterocycles. The molecule has 0 aliphatic carbocycles. The second-order valence-corrected chi connectivity index (χ2v) is 6.65. The van der Waals surface area contributed by atoms with Crippen molar-refractivity contribution in [2.75, 3.05) is 5.32 Å². The smallest absolute Gasteiger partial charge is 0.387 e. The molecule has 3 aromatic rings. The van der Waals surface area contributed by atoms with Crippen LogP contribution in [0.1, 0.15) is 27.2 Å². The Morgan fingerprint density at radius 1 is 1.07 bits per heavy atom. The highest BCUT2D eigenvalue weighted by molar-refractivity contribution is 6.03. The van der Waals surface area contributed by atoms with Crippen LogP contribution in [0.25, 0.3) is 0 Å². The number of ether oxygens (including phenoxy) is 2. The molecule has 0 saturated carbocycles. The number of alkyl halides is 2. The molecule has 0 radical (unpaired) electrons. The number of carbonyl (C=O) groups excluding carboxylic acids is 1. The molecule has 1 N–H and O–H groups in total. The largest absolute Gasteiger partial charge is 0.471 e. The number of nitrogens with zero attached hydrogens (tertiary/aromatic N) is 2. The van der Waals surface area contributed by atoms with E-state index in [1.54, 1.807) is 19.2 Å². The minimum atomic E-state index is -2.90. The molecular formula is C21H21F2N3O3. The normalized spacial score (nSPS) is 10.8. The first-order valence-corrected chi connectivity index (χ1v) is 8.91. The Bertz CT molecular complexity index is 998. The van der Waals surface area contributed by atoms with Crippen molar-refractivity contribution in [2.45, 2.75) is 34.1 Å². The molecule has 0 atom stereocenters. The third-order valence-electron chi connectivity index (χ3n) is 4.10. The van der Waals surface area contributed by atoms with Crippen LogP contribution in [-0.2, 0) is 6.73 Å². The average Bonchev–Trinajstić information content (AvgIpc) is 3.10. The van der Waals surface area contributed by atoms with Gasteiger partial charge in [0.25, 0.3) is 5.91 Å². The van der Waals surface area contributed by atoms with Crippen molar-refractivity contribution in [1.29, 1.82) is 0 Å². The maximum absolute atomic E-state index is 12.4. The second-order valence-electron chi connectivity index (χ2n) is 6.65. The van der Waals surface area contributed by atoms with E-state index < -0.39 is 12.5 Å².